The fourth-order valence-corrected chi connectivity index (χ4v) is 3.64. The van der Waals surface area contributed by atoms with E-state index < -0.39 is 0 Å². The van der Waals surface area contributed by atoms with Crippen LogP contribution in [0.1, 0.15) is 18.9 Å². The Balaban J connectivity index is 2.08. The molecule has 1 aromatic carbocycles. The van der Waals surface area contributed by atoms with Gasteiger partial charge in [0.2, 0.25) is 0 Å². The third kappa shape index (κ3) is 4.58. The fourth-order valence-electron chi connectivity index (χ4n) is 1.70. The molecule has 0 radical (unpaired) electrons. The summed E-state index contributed by atoms with van der Waals surface area (Å²) in [5.41, 5.74) is 1.29. The van der Waals surface area contributed by atoms with Gasteiger partial charge < -0.3 is 5.32 Å². The summed E-state index contributed by atoms with van der Waals surface area (Å²) in [5.74, 6) is 0. The third-order valence-electron chi connectivity index (χ3n) is 2.68. The molecule has 20 heavy (non-hydrogen) atoms. The Bertz CT molecular complexity index is 576. The van der Waals surface area contributed by atoms with Crippen LogP contribution in [0.3, 0.4) is 0 Å². The molecule has 106 valence electrons. The maximum absolute atomic E-state index is 4.38. The van der Waals surface area contributed by atoms with Gasteiger partial charge in [-0.15, -0.1) is 0 Å². The van der Waals surface area contributed by atoms with Gasteiger partial charge in [-0.2, -0.15) is 0 Å². The van der Waals surface area contributed by atoms with Crippen molar-refractivity contribution in [3.63, 3.8) is 0 Å². The van der Waals surface area contributed by atoms with Crippen LogP contribution in [0.15, 0.2) is 55.4 Å². The van der Waals surface area contributed by atoms with Gasteiger partial charge in [0.1, 0.15) is 5.03 Å². The average Bonchev–Trinajstić information content (AvgIpc) is 2.44. The average molecular weight is 416 g/mol. The third-order valence-corrected chi connectivity index (χ3v) is 5.60. The van der Waals surface area contributed by atoms with Crippen molar-refractivity contribution < 1.29 is 0 Å². The minimum Gasteiger partial charge on any atom is -0.313 e. The van der Waals surface area contributed by atoms with Gasteiger partial charge in [-0.3, -0.25) is 0 Å². The van der Waals surface area contributed by atoms with Crippen molar-refractivity contribution in [2.45, 2.75) is 29.8 Å². The van der Waals surface area contributed by atoms with E-state index in [1.807, 2.05) is 18.3 Å². The quantitative estimate of drug-likeness (QED) is 0.651. The van der Waals surface area contributed by atoms with Crippen LogP contribution in [0.2, 0.25) is 0 Å². The van der Waals surface area contributed by atoms with Gasteiger partial charge in [-0.05, 0) is 74.7 Å². The zero-order chi connectivity index (χ0) is 14.4. The second kappa shape index (κ2) is 8.17. The monoisotopic (exact) mass is 414 g/mol. The summed E-state index contributed by atoms with van der Waals surface area (Å²) in [5, 5.41) is 4.39. The Hall–Kier alpha value is -0.360. The van der Waals surface area contributed by atoms with Crippen molar-refractivity contribution in [2.75, 3.05) is 6.54 Å². The minimum absolute atomic E-state index is 0.907. The number of pyridine rings is 1. The van der Waals surface area contributed by atoms with Gasteiger partial charge in [0.25, 0.3) is 0 Å². The summed E-state index contributed by atoms with van der Waals surface area (Å²) in [7, 11) is 0. The number of aromatic nitrogens is 1. The molecule has 0 saturated heterocycles. The minimum atomic E-state index is 0.907. The molecular weight excluding hydrogens is 400 g/mol. The second-order valence-corrected chi connectivity index (χ2v) is 7.07. The Morgan fingerprint density at radius 2 is 2.05 bits per heavy atom. The summed E-state index contributed by atoms with van der Waals surface area (Å²) in [6.45, 7) is 4.13. The normalized spacial score (nSPS) is 10.8. The molecule has 1 heterocycles. The lowest BCUT2D eigenvalue weighted by atomic mass is 10.2. The van der Waals surface area contributed by atoms with Crippen LogP contribution in [-0.4, -0.2) is 11.5 Å². The molecule has 1 aromatic heterocycles. The number of nitrogens with one attached hydrogen (secondary N) is 1. The highest BCUT2D eigenvalue weighted by Crippen LogP contribution is 2.36. The van der Waals surface area contributed by atoms with E-state index in [0.717, 1.165) is 33.5 Å². The molecule has 0 bridgehead atoms. The highest BCUT2D eigenvalue weighted by molar-refractivity contribution is 9.11. The summed E-state index contributed by atoms with van der Waals surface area (Å²) < 4.78 is 2.13. The van der Waals surface area contributed by atoms with Crippen LogP contribution in [0, 0.1) is 0 Å². The van der Waals surface area contributed by atoms with E-state index in [-0.39, 0.29) is 0 Å². The predicted octanol–water partition coefficient (Wildman–Crippen LogP) is 5.26. The molecule has 0 aliphatic rings. The highest BCUT2D eigenvalue weighted by Gasteiger charge is 2.07. The first-order valence-electron chi connectivity index (χ1n) is 6.48. The lowest BCUT2D eigenvalue weighted by Crippen LogP contribution is -2.13. The number of hydrogen-bond donors (Lipinski definition) is 1. The molecule has 2 rings (SSSR count). The van der Waals surface area contributed by atoms with Crippen molar-refractivity contribution in [2.24, 2.45) is 0 Å². The van der Waals surface area contributed by atoms with Crippen LogP contribution in [0.25, 0.3) is 0 Å². The van der Waals surface area contributed by atoms with Crippen LogP contribution in [-0.2, 0) is 6.54 Å². The highest BCUT2D eigenvalue weighted by atomic mass is 79.9. The molecule has 0 fully saturated rings. The van der Waals surface area contributed by atoms with Crippen molar-refractivity contribution in [3.05, 3.63) is 51.0 Å². The molecule has 2 nitrogen and oxygen atoms in total. The first-order valence-corrected chi connectivity index (χ1v) is 8.88. The van der Waals surface area contributed by atoms with E-state index in [2.05, 4.69) is 67.3 Å². The molecule has 0 unspecified atom stereocenters. The second-order valence-electron chi connectivity index (χ2n) is 4.33. The summed E-state index contributed by atoms with van der Waals surface area (Å²) in [4.78, 5) is 5.55. The number of halogens is 2. The topological polar surface area (TPSA) is 24.9 Å². The lowest BCUT2D eigenvalue weighted by molar-refractivity contribution is 0.675. The van der Waals surface area contributed by atoms with Crippen molar-refractivity contribution in [1.29, 1.82) is 0 Å². The van der Waals surface area contributed by atoms with Crippen LogP contribution >= 0.6 is 43.6 Å². The van der Waals surface area contributed by atoms with E-state index in [0.29, 0.717) is 0 Å². The molecule has 1 N–H and O–H groups in total. The van der Waals surface area contributed by atoms with Crippen LogP contribution in [0.5, 0.6) is 0 Å². The SMILES string of the molecule is CCCNCc1ccc(Sc2ncccc2Br)c(Br)c1. The molecule has 0 amide bonds. The molecular formula is C15H16Br2N2S. The Morgan fingerprint density at radius 1 is 1.20 bits per heavy atom. The molecule has 0 aliphatic carbocycles. The van der Waals surface area contributed by atoms with Gasteiger partial charge in [0.05, 0.1) is 4.47 Å². The van der Waals surface area contributed by atoms with E-state index in [9.17, 15) is 0 Å². The summed E-state index contributed by atoms with van der Waals surface area (Å²) >= 11 is 8.83. The van der Waals surface area contributed by atoms with Gasteiger partial charge in [-0.25, -0.2) is 4.98 Å². The molecule has 2 aromatic rings. The zero-order valence-corrected chi connectivity index (χ0v) is 15.2. The number of rotatable bonds is 6. The van der Waals surface area contributed by atoms with Gasteiger partial charge in [0, 0.05) is 22.1 Å². The first kappa shape index (κ1) is 16.0. The van der Waals surface area contributed by atoms with Crippen molar-refractivity contribution in [3.8, 4) is 0 Å². The molecule has 5 heteroatoms. The standard InChI is InChI=1S/C15H16Br2N2S/c1-2-7-18-10-11-5-6-14(13(17)9-11)20-15-12(16)4-3-8-19-15/h3-6,8-9,18H,2,7,10H2,1H3. The smallest absolute Gasteiger partial charge is 0.115 e. The number of nitrogens with zero attached hydrogens (tertiary/aromatic N) is 1. The summed E-state index contributed by atoms with van der Waals surface area (Å²) in [6.07, 6.45) is 2.97. The fraction of sp³-hybridized carbons (Fsp3) is 0.267. The summed E-state index contributed by atoms with van der Waals surface area (Å²) in [6, 6.07) is 10.4. The molecule has 0 aliphatic heterocycles. The van der Waals surface area contributed by atoms with Crippen LogP contribution < -0.4 is 5.32 Å². The Morgan fingerprint density at radius 3 is 2.75 bits per heavy atom. The zero-order valence-electron chi connectivity index (χ0n) is 11.2. The van der Waals surface area contributed by atoms with E-state index in [1.54, 1.807) is 11.8 Å². The van der Waals surface area contributed by atoms with Gasteiger partial charge in [-0.1, -0.05) is 24.8 Å². The lowest BCUT2D eigenvalue weighted by Gasteiger charge is -2.08. The first-order chi connectivity index (χ1) is 9.70. The van der Waals surface area contributed by atoms with E-state index in [4.69, 9.17) is 0 Å². The van der Waals surface area contributed by atoms with Crippen molar-refractivity contribution >= 4 is 43.6 Å². The largest absolute Gasteiger partial charge is 0.313 e. The molecule has 0 spiro atoms. The molecule has 0 atom stereocenters. The molecule has 0 saturated carbocycles. The van der Waals surface area contributed by atoms with Gasteiger partial charge >= 0.3 is 0 Å². The number of benzene rings is 1. The predicted molar refractivity (Wildman–Crippen MR) is 92.2 cm³/mol. The maximum Gasteiger partial charge on any atom is 0.115 e. The van der Waals surface area contributed by atoms with Crippen molar-refractivity contribution in [1.82, 2.24) is 10.3 Å². The van der Waals surface area contributed by atoms with Gasteiger partial charge in [0.15, 0.2) is 0 Å². The number of hydrogen-bond acceptors (Lipinski definition) is 3. The van der Waals surface area contributed by atoms with E-state index in [1.165, 1.54) is 10.5 Å². The maximum atomic E-state index is 4.38. The van der Waals surface area contributed by atoms with E-state index >= 15 is 0 Å². The van der Waals surface area contributed by atoms with Crippen LogP contribution in [0.4, 0.5) is 0 Å². The Labute approximate surface area is 141 Å². The Kier molecular flexibility index (Phi) is 6.55.